The van der Waals surface area contributed by atoms with E-state index in [0.29, 0.717) is 54.3 Å². The molecular weight excluding hydrogens is 768 g/mol. The lowest BCUT2D eigenvalue weighted by Gasteiger charge is -2.46. The fourth-order valence-corrected chi connectivity index (χ4v) is 8.53. The van der Waals surface area contributed by atoms with E-state index in [2.05, 4.69) is 20.3 Å². The maximum absolute atomic E-state index is 15.0. The number of benzene rings is 4. The van der Waals surface area contributed by atoms with E-state index < -0.39 is 47.9 Å². The topological polar surface area (TPSA) is 142 Å². The van der Waals surface area contributed by atoms with Crippen LogP contribution in [0, 0.1) is 11.2 Å². The zero-order valence-electron chi connectivity index (χ0n) is 33.8. The van der Waals surface area contributed by atoms with Crippen molar-refractivity contribution in [3.05, 3.63) is 138 Å². The van der Waals surface area contributed by atoms with Gasteiger partial charge in [-0.3, -0.25) is 9.36 Å². The first kappa shape index (κ1) is 39.7. The summed E-state index contributed by atoms with van der Waals surface area (Å²) in [6.45, 7) is 5.88. The normalized spacial score (nSPS) is 21.9. The molecule has 9 rings (SSSR count). The van der Waals surface area contributed by atoms with Crippen molar-refractivity contribution in [1.29, 1.82) is 0 Å². The number of ether oxygens (including phenoxy) is 5. The molecule has 3 aliphatic heterocycles. The number of aliphatic hydroxyl groups is 1. The van der Waals surface area contributed by atoms with Crippen molar-refractivity contribution in [3.8, 4) is 11.5 Å². The number of imidazole rings is 1. The van der Waals surface area contributed by atoms with Crippen LogP contribution in [0.5, 0.6) is 11.5 Å². The van der Waals surface area contributed by atoms with Crippen molar-refractivity contribution in [1.82, 2.24) is 19.5 Å². The van der Waals surface area contributed by atoms with Crippen LogP contribution in [0.25, 0.3) is 11.2 Å². The Morgan fingerprint density at radius 2 is 1.52 bits per heavy atom. The van der Waals surface area contributed by atoms with Gasteiger partial charge in [0.1, 0.15) is 42.0 Å². The van der Waals surface area contributed by atoms with Crippen LogP contribution in [0.3, 0.4) is 0 Å². The third-order valence-electron chi connectivity index (χ3n) is 11.7. The molecule has 2 N–H and O–H groups in total. The van der Waals surface area contributed by atoms with Gasteiger partial charge in [-0.1, -0.05) is 99.6 Å². The highest BCUT2D eigenvalue weighted by molar-refractivity contribution is 5.99. The summed E-state index contributed by atoms with van der Waals surface area (Å²) in [5.74, 6) is -0.247. The number of hydrogen-bond donors (Lipinski definition) is 2. The predicted molar refractivity (Wildman–Crippen MR) is 221 cm³/mol. The number of carbonyl (C=O) groups is 1. The van der Waals surface area contributed by atoms with E-state index in [1.807, 2.05) is 111 Å². The van der Waals surface area contributed by atoms with Crippen molar-refractivity contribution in [2.24, 2.45) is 5.41 Å². The van der Waals surface area contributed by atoms with Gasteiger partial charge in [-0.25, -0.2) is 19.3 Å². The van der Waals surface area contributed by atoms with Gasteiger partial charge in [0.15, 0.2) is 34.6 Å². The van der Waals surface area contributed by atoms with Gasteiger partial charge in [0.25, 0.3) is 0 Å². The van der Waals surface area contributed by atoms with Gasteiger partial charge < -0.3 is 39.0 Å². The molecule has 0 spiro atoms. The molecule has 310 valence electrons. The molecule has 60 heavy (non-hydrogen) atoms. The van der Waals surface area contributed by atoms with Gasteiger partial charge >= 0.3 is 0 Å². The number of rotatable bonds is 10. The molecule has 3 aliphatic rings. The first-order valence-corrected chi connectivity index (χ1v) is 20.1. The van der Waals surface area contributed by atoms with Crippen LogP contribution in [0.2, 0.25) is 0 Å². The molecule has 0 aliphatic carbocycles. The molecule has 6 aromatic rings. The SMILES string of the molecule is COC1(O[C@@H]2[C@H](OC3(c4ccccc4)c4ccccc4Oc4ccccc43)[C@@H](CO)O[C@H]2n2cnc3c(NC(=O)C(C)(C)C)ncnc32)CCN(c2ccccc2F)CC1. The summed E-state index contributed by atoms with van der Waals surface area (Å²) in [5, 5.41) is 14.1. The highest BCUT2D eigenvalue weighted by Gasteiger charge is 2.57. The summed E-state index contributed by atoms with van der Waals surface area (Å²) in [6.07, 6.45) is -0.178. The van der Waals surface area contributed by atoms with Gasteiger partial charge in [0.05, 0.1) is 18.6 Å². The van der Waals surface area contributed by atoms with E-state index >= 15 is 0 Å². The molecule has 2 aromatic heterocycles. The minimum absolute atomic E-state index is 0.240. The lowest BCUT2D eigenvalue weighted by atomic mass is 9.77. The average Bonchev–Trinajstić information content (AvgIpc) is 3.85. The molecular formula is C46H47FN6O7. The summed E-state index contributed by atoms with van der Waals surface area (Å²) in [7, 11) is 1.60. The smallest absolute Gasteiger partial charge is 0.230 e. The quantitative estimate of drug-likeness (QED) is 0.134. The van der Waals surface area contributed by atoms with Crippen molar-refractivity contribution in [2.75, 3.05) is 37.0 Å². The van der Waals surface area contributed by atoms with Gasteiger partial charge in [0, 0.05) is 49.6 Å². The molecule has 0 saturated carbocycles. The molecule has 4 atom stereocenters. The Kier molecular flexibility index (Phi) is 10.4. The van der Waals surface area contributed by atoms with Crippen molar-refractivity contribution < 1.29 is 38.0 Å². The number of methoxy groups -OCH3 is 1. The van der Waals surface area contributed by atoms with Crippen LogP contribution in [0.15, 0.2) is 116 Å². The largest absolute Gasteiger partial charge is 0.457 e. The highest BCUT2D eigenvalue weighted by Crippen LogP contribution is 2.55. The zero-order valence-corrected chi connectivity index (χ0v) is 33.8. The third-order valence-corrected chi connectivity index (χ3v) is 11.7. The minimum atomic E-state index is -1.28. The summed E-state index contributed by atoms with van der Waals surface area (Å²) in [6, 6.07) is 32.1. The molecule has 5 heterocycles. The zero-order chi connectivity index (χ0) is 41.6. The first-order chi connectivity index (χ1) is 29.0. The average molecular weight is 815 g/mol. The number of hydrogen-bond acceptors (Lipinski definition) is 11. The first-order valence-electron chi connectivity index (χ1n) is 20.1. The minimum Gasteiger partial charge on any atom is -0.457 e. The van der Waals surface area contributed by atoms with E-state index in [9.17, 15) is 14.3 Å². The van der Waals surface area contributed by atoms with Crippen LogP contribution < -0.4 is 15.0 Å². The van der Waals surface area contributed by atoms with Crippen molar-refractivity contribution in [2.45, 2.75) is 69.5 Å². The lowest BCUT2D eigenvalue weighted by molar-refractivity contribution is -0.282. The molecule has 2 saturated heterocycles. The fraction of sp³-hybridized carbons (Fsp3) is 0.348. The molecule has 13 nitrogen and oxygen atoms in total. The summed E-state index contributed by atoms with van der Waals surface area (Å²) in [4.78, 5) is 28.7. The van der Waals surface area contributed by atoms with Crippen LogP contribution in [-0.2, 0) is 29.3 Å². The maximum Gasteiger partial charge on any atom is 0.230 e. The van der Waals surface area contributed by atoms with Crippen LogP contribution >= 0.6 is 0 Å². The highest BCUT2D eigenvalue weighted by atomic mass is 19.1. The van der Waals surface area contributed by atoms with Crippen LogP contribution in [0.1, 0.15) is 56.5 Å². The predicted octanol–water partition coefficient (Wildman–Crippen LogP) is 7.35. The Labute approximate surface area is 347 Å². The maximum atomic E-state index is 15.0. The molecule has 4 aromatic carbocycles. The second kappa shape index (κ2) is 15.7. The standard InChI is InChI=1S/C46H47FN6O7/c1-44(2,3)43(55)51-40-37-41(49-27-48-40)53(28-50-37)42-39(59-45(56-4)22-24-52(25-23-45)33-19-11-10-18-32(33)47)38(36(26-54)58-42)60-46(29-14-6-5-7-15-29)30-16-8-12-20-34(30)57-35-21-13-9-17-31(35)46/h5-21,27-28,36,38-39,42,54H,22-26H2,1-4H3,(H,48,49,51,55)/t36-,38-,39-,42-/m1/s1. The molecule has 0 unspecified atom stereocenters. The third kappa shape index (κ3) is 6.87. The van der Waals surface area contributed by atoms with E-state index in [4.69, 9.17) is 23.7 Å². The van der Waals surface area contributed by atoms with E-state index in [1.165, 1.54) is 12.4 Å². The number of fused-ring (bicyclic) bond motifs is 3. The number of aliphatic hydroxyl groups excluding tert-OH is 1. The fourth-order valence-electron chi connectivity index (χ4n) is 8.53. The summed E-state index contributed by atoms with van der Waals surface area (Å²) >= 11 is 0. The second-order valence-corrected chi connectivity index (χ2v) is 16.4. The molecule has 1 amide bonds. The molecule has 0 radical (unpaired) electrons. The Morgan fingerprint density at radius 1 is 0.867 bits per heavy atom. The van der Waals surface area contributed by atoms with Gasteiger partial charge in [0.2, 0.25) is 5.91 Å². The number of piperidine rings is 1. The number of carbonyl (C=O) groups excluding carboxylic acids is 1. The van der Waals surface area contributed by atoms with Crippen LogP contribution in [-0.4, -0.2) is 81.4 Å². The Balaban J connectivity index is 1.17. The number of halogens is 1. The van der Waals surface area contributed by atoms with Crippen molar-refractivity contribution in [3.63, 3.8) is 0 Å². The van der Waals surface area contributed by atoms with E-state index in [-0.39, 0.29) is 17.5 Å². The lowest BCUT2D eigenvalue weighted by Crippen LogP contribution is -2.53. The van der Waals surface area contributed by atoms with E-state index in [0.717, 1.165) is 16.7 Å². The number of nitrogens with one attached hydrogen (secondary N) is 1. The number of anilines is 2. The number of aromatic nitrogens is 4. The van der Waals surface area contributed by atoms with E-state index in [1.54, 1.807) is 30.1 Å². The Morgan fingerprint density at radius 3 is 2.17 bits per heavy atom. The summed E-state index contributed by atoms with van der Waals surface area (Å²) < 4.78 is 51.3. The Hall–Kier alpha value is -5.77. The van der Waals surface area contributed by atoms with Gasteiger partial charge in [-0.05, 0) is 29.8 Å². The number of para-hydroxylation sites is 3. The number of amides is 1. The molecule has 0 bridgehead atoms. The Bertz CT molecular complexity index is 2460. The monoisotopic (exact) mass is 814 g/mol. The second-order valence-electron chi connectivity index (χ2n) is 16.4. The van der Waals surface area contributed by atoms with Crippen molar-refractivity contribution >= 4 is 28.6 Å². The van der Waals surface area contributed by atoms with Gasteiger partial charge in [-0.2, -0.15) is 0 Å². The number of nitrogens with zero attached hydrogens (tertiary/aromatic N) is 5. The van der Waals surface area contributed by atoms with Gasteiger partial charge in [-0.15, -0.1) is 0 Å². The molecule has 2 fully saturated rings. The molecule has 14 heteroatoms. The van der Waals surface area contributed by atoms with Crippen LogP contribution in [0.4, 0.5) is 15.9 Å². The summed E-state index contributed by atoms with van der Waals surface area (Å²) in [5.41, 5.74) is 1.59.